The Balaban J connectivity index is 1.78. The summed E-state index contributed by atoms with van der Waals surface area (Å²) < 4.78 is 5.64. The number of nitriles is 1. The molecule has 0 aliphatic heterocycles. The molecule has 0 amide bonds. The van der Waals surface area contributed by atoms with Gasteiger partial charge in [0.2, 0.25) is 11.9 Å². The number of hydrogen-bond donors (Lipinski definition) is 2. The standard InChI is InChI=1S/C18H16N6O/c1-12-6-2-4-8-14(12)21-18-23-16(22-17(20)24-18)11-25-15-9-5-3-7-13(15)10-19/h2-9H,11H2,1H3,(H3,20,21,22,23,24). The minimum atomic E-state index is 0.0772. The van der Waals surface area contributed by atoms with E-state index in [1.54, 1.807) is 24.3 Å². The second-order valence-corrected chi connectivity index (χ2v) is 5.27. The highest BCUT2D eigenvalue weighted by atomic mass is 16.5. The number of ether oxygens (including phenoxy) is 1. The van der Waals surface area contributed by atoms with E-state index in [1.807, 2.05) is 31.2 Å². The van der Waals surface area contributed by atoms with E-state index < -0.39 is 0 Å². The van der Waals surface area contributed by atoms with Crippen LogP contribution < -0.4 is 15.8 Å². The highest BCUT2D eigenvalue weighted by molar-refractivity contribution is 5.58. The van der Waals surface area contributed by atoms with Gasteiger partial charge < -0.3 is 15.8 Å². The molecule has 0 saturated heterocycles. The summed E-state index contributed by atoms with van der Waals surface area (Å²) in [7, 11) is 0. The first-order valence-corrected chi connectivity index (χ1v) is 7.60. The van der Waals surface area contributed by atoms with E-state index >= 15 is 0 Å². The second kappa shape index (κ2) is 7.27. The predicted molar refractivity (Wildman–Crippen MR) is 94.2 cm³/mol. The van der Waals surface area contributed by atoms with Crippen molar-refractivity contribution < 1.29 is 4.74 Å². The third kappa shape index (κ3) is 4.00. The molecule has 3 rings (SSSR count). The normalized spacial score (nSPS) is 10.1. The van der Waals surface area contributed by atoms with Crippen LogP contribution in [-0.4, -0.2) is 15.0 Å². The van der Waals surface area contributed by atoms with Crippen LogP contribution in [0.15, 0.2) is 48.5 Å². The van der Waals surface area contributed by atoms with Gasteiger partial charge >= 0.3 is 0 Å². The van der Waals surface area contributed by atoms with Gasteiger partial charge in [-0.2, -0.15) is 20.2 Å². The summed E-state index contributed by atoms with van der Waals surface area (Å²) in [5, 5.41) is 12.2. The number of anilines is 3. The van der Waals surface area contributed by atoms with Gasteiger partial charge in [0.1, 0.15) is 18.4 Å². The van der Waals surface area contributed by atoms with E-state index in [2.05, 4.69) is 26.3 Å². The van der Waals surface area contributed by atoms with Crippen LogP contribution in [0.25, 0.3) is 0 Å². The first kappa shape index (κ1) is 16.2. The summed E-state index contributed by atoms with van der Waals surface area (Å²) in [6.45, 7) is 2.06. The molecule has 0 fully saturated rings. The van der Waals surface area contributed by atoms with Gasteiger partial charge in [0.15, 0.2) is 5.82 Å². The topological polar surface area (TPSA) is 110 Å². The molecule has 0 aliphatic rings. The zero-order valence-corrected chi connectivity index (χ0v) is 13.6. The van der Waals surface area contributed by atoms with Gasteiger partial charge in [0.05, 0.1) is 5.56 Å². The highest BCUT2D eigenvalue weighted by Gasteiger charge is 2.08. The van der Waals surface area contributed by atoms with Crippen molar-refractivity contribution in [2.45, 2.75) is 13.5 Å². The van der Waals surface area contributed by atoms with E-state index in [0.29, 0.717) is 23.1 Å². The molecule has 1 heterocycles. The largest absolute Gasteiger partial charge is 0.484 e. The van der Waals surface area contributed by atoms with E-state index in [0.717, 1.165) is 11.3 Å². The first-order chi connectivity index (χ1) is 12.2. The number of nitrogens with one attached hydrogen (secondary N) is 1. The summed E-state index contributed by atoms with van der Waals surface area (Å²) >= 11 is 0. The number of nitrogen functional groups attached to an aromatic ring is 1. The summed E-state index contributed by atoms with van der Waals surface area (Å²) in [5.74, 6) is 1.28. The summed E-state index contributed by atoms with van der Waals surface area (Å²) in [4.78, 5) is 12.5. The molecule has 7 nitrogen and oxygen atoms in total. The van der Waals surface area contributed by atoms with Gasteiger partial charge in [0, 0.05) is 5.69 Å². The van der Waals surface area contributed by atoms with Crippen molar-refractivity contribution in [1.29, 1.82) is 5.26 Å². The van der Waals surface area contributed by atoms with E-state index in [-0.39, 0.29) is 12.6 Å². The molecular weight excluding hydrogens is 316 g/mol. The van der Waals surface area contributed by atoms with Gasteiger partial charge in [-0.1, -0.05) is 30.3 Å². The van der Waals surface area contributed by atoms with E-state index in [1.165, 1.54) is 0 Å². The van der Waals surface area contributed by atoms with Crippen LogP contribution in [0.4, 0.5) is 17.6 Å². The van der Waals surface area contributed by atoms with Crippen molar-refractivity contribution in [3.05, 3.63) is 65.5 Å². The monoisotopic (exact) mass is 332 g/mol. The van der Waals surface area contributed by atoms with Gasteiger partial charge in [-0.25, -0.2) is 0 Å². The van der Waals surface area contributed by atoms with Gasteiger partial charge in [0.25, 0.3) is 0 Å². The number of benzene rings is 2. The number of aromatic nitrogens is 3. The third-order valence-corrected chi connectivity index (χ3v) is 3.45. The smallest absolute Gasteiger partial charge is 0.232 e. The van der Waals surface area contributed by atoms with E-state index in [9.17, 15) is 0 Å². The van der Waals surface area contributed by atoms with Gasteiger partial charge in [-0.3, -0.25) is 0 Å². The SMILES string of the molecule is Cc1ccccc1Nc1nc(N)nc(COc2ccccc2C#N)n1. The third-order valence-electron chi connectivity index (χ3n) is 3.45. The van der Waals surface area contributed by atoms with Gasteiger partial charge in [-0.05, 0) is 30.7 Å². The molecule has 0 aliphatic carbocycles. The van der Waals surface area contributed by atoms with Crippen LogP contribution in [0, 0.1) is 18.3 Å². The summed E-state index contributed by atoms with van der Waals surface area (Å²) in [5.41, 5.74) is 8.15. The Labute approximate surface area is 145 Å². The average Bonchev–Trinajstić information content (AvgIpc) is 2.62. The number of nitrogens with zero attached hydrogens (tertiary/aromatic N) is 4. The molecule has 1 aromatic heterocycles. The van der Waals surface area contributed by atoms with Crippen molar-refractivity contribution in [3.63, 3.8) is 0 Å². The predicted octanol–water partition coefficient (Wildman–Crippen LogP) is 2.96. The lowest BCUT2D eigenvalue weighted by Gasteiger charge is -2.10. The fraction of sp³-hybridized carbons (Fsp3) is 0.111. The Morgan fingerprint density at radius 3 is 2.64 bits per heavy atom. The molecule has 0 unspecified atom stereocenters. The first-order valence-electron chi connectivity index (χ1n) is 7.60. The summed E-state index contributed by atoms with van der Waals surface area (Å²) in [6, 6.07) is 16.8. The van der Waals surface area contributed by atoms with Crippen LogP contribution in [0.1, 0.15) is 17.0 Å². The fourth-order valence-corrected chi connectivity index (χ4v) is 2.22. The Morgan fingerprint density at radius 2 is 1.84 bits per heavy atom. The lowest BCUT2D eigenvalue weighted by atomic mass is 10.2. The van der Waals surface area contributed by atoms with Crippen molar-refractivity contribution in [2.75, 3.05) is 11.1 Å². The van der Waals surface area contributed by atoms with Crippen LogP contribution in [0.3, 0.4) is 0 Å². The lowest BCUT2D eigenvalue weighted by Crippen LogP contribution is -2.10. The maximum absolute atomic E-state index is 9.09. The van der Waals surface area contributed by atoms with Crippen molar-refractivity contribution >= 4 is 17.6 Å². The van der Waals surface area contributed by atoms with Crippen LogP contribution in [0.5, 0.6) is 5.75 Å². The molecule has 0 bridgehead atoms. The molecule has 124 valence electrons. The Morgan fingerprint density at radius 1 is 1.08 bits per heavy atom. The maximum atomic E-state index is 9.09. The quantitative estimate of drug-likeness (QED) is 0.739. The molecule has 0 radical (unpaired) electrons. The number of hydrogen-bond acceptors (Lipinski definition) is 7. The van der Waals surface area contributed by atoms with Crippen LogP contribution in [0.2, 0.25) is 0 Å². The average molecular weight is 332 g/mol. The lowest BCUT2D eigenvalue weighted by molar-refractivity contribution is 0.295. The van der Waals surface area contributed by atoms with Crippen molar-refractivity contribution in [2.24, 2.45) is 0 Å². The molecule has 0 spiro atoms. The van der Waals surface area contributed by atoms with Crippen LogP contribution >= 0.6 is 0 Å². The Kier molecular flexibility index (Phi) is 4.72. The highest BCUT2D eigenvalue weighted by Crippen LogP contribution is 2.19. The van der Waals surface area contributed by atoms with Gasteiger partial charge in [-0.15, -0.1) is 0 Å². The van der Waals surface area contributed by atoms with Crippen molar-refractivity contribution in [1.82, 2.24) is 15.0 Å². The zero-order chi connectivity index (χ0) is 17.6. The molecule has 0 saturated carbocycles. The molecular formula is C18H16N6O. The minimum absolute atomic E-state index is 0.0772. The molecule has 3 aromatic rings. The van der Waals surface area contributed by atoms with E-state index in [4.69, 9.17) is 15.7 Å². The number of rotatable bonds is 5. The fourth-order valence-electron chi connectivity index (χ4n) is 2.22. The number of aryl methyl sites for hydroxylation is 1. The number of para-hydroxylation sites is 2. The summed E-state index contributed by atoms with van der Waals surface area (Å²) in [6.07, 6.45) is 0. The van der Waals surface area contributed by atoms with Crippen LogP contribution in [-0.2, 0) is 6.61 Å². The van der Waals surface area contributed by atoms with Crippen molar-refractivity contribution in [3.8, 4) is 11.8 Å². The molecule has 25 heavy (non-hydrogen) atoms. The second-order valence-electron chi connectivity index (χ2n) is 5.27. The Hall–Kier alpha value is -3.66. The zero-order valence-electron chi connectivity index (χ0n) is 13.6. The maximum Gasteiger partial charge on any atom is 0.232 e. The number of nitrogens with two attached hydrogens (primary N) is 1. The molecule has 7 heteroatoms. The molecule has 3 N–H and O–H groups in total. The Bertz CT molecular complexity index is 935. The molecule has 0 atom stereocenters. The molecule has 2 aromatic carbocycles. The minimum Gasteiger partial charge on any atom is -0.484 e.